The summed E-state index contributed by atoms with van der Waals surface area (Å²) in [6.07, 6.45) is 8.64. The Labute approximate surface area is 699 Å². The fourth-order valence-electron chi connectivity index (χ4n) is 14.6. The molecular formula is C85H107ClN18O16. The van der Waals surface area contributed by atoms with E-state index < -0.39 is 168 Å². The van der Waals surface area contributed by atoms with Gasteiger partial charge in [-0.05, 0) is 152 Å². The molecule has 1 aliphatic carbocycles. The van der Waals surface area contributed by atoms with Gasteiger partial charge in [-0.2, -0.15) is 0 Å². The SMILES string of the molecule is CC(=O)N[C@H](Cc1ccc2ccccc2c1)C(=O)N[C@H](Cc1ccc(Cl)cc1)C(=O)N[C@H](Cc1cccnc1)C(=O)N[C@@H](CO)C(=O)N[C@@H](Cc1ccc(NC(=O)[C@@H]2CC(=O)NC(=O)N2)cc1)C(=O)N[C@H](Cc1ccc(NC(N)=O)cc1)C(=O)N[C@@H](CC(C)C)C(=O)N[C@@H](CCCCNC1CCCCC1)C(=O)N1CCC[C@H]1C(=O)N[C@H](C)C(N)=O. The number of anilines is 2. The number of aromatic nitrogens is 1. The number of nitrogens with two attached hydrogens (primary N) is 2. The van der Waals surface area contributed by atoms with Crippen molar-refractivity contribution in [1.82, 2.24) is 73.7 Å². The summed E-state index contributed by atoms with van der Waals surface area (Å²) < 4.78 is 0. The molecule has 17 amide bonds. The highest BCUT2D eigenvalue weighted by atomic mass is 35.5. The summed E-state index contributed by atoms with van der Waals surface area (Å²) in [6, 6.07) is 17.6. The van der Waals surface area contributed by atoms with Crippen LogP contribution in [0.25, 0.3) is 10.8 Å². The number of urea groups is 2. The number of aliphatic hydroxyl groups excluding tert-OH is 1. The van der Waals surface area contributed by atoms with E-state index in [4.69, 9.17) is 23.1 Å². The molecule has 2 saturated heterocycles. The molecule has 3 aliphatic rings. The Hall–Kier alpha value is -12.4. The van der Waals surface area contributed by atoms with Crippen LogP contribution < -0.4 is 85.9 Å². The first-order valence-corrected chi connectivity index (χ1v) is 40.7. The molecule has 640 valence electrons. The molecule has 6 aromatic rings. The van der Waals surface area contributed by atoms with Gasteiger partial charge in [-0.3, -0.25) is 72.6 Å². The minimum Gasteiger partial charge on any atom is -0.394 e. The molecule has 1 saturated carbocycles. The van der Waals surface area contributed by atoms with Crippen molar-refractivity contribution in [3.05, 3.63) is 173 Å². The summed E-state index contributed by atoms with van der Waals surface area (Å²) in [5.74, 6) is -10.9. The van der Waals surface area contributed by atoms with Crippen molar-refractivity contribution in [1.29, 1.82) is 0 Å². The molecular weight excluding hydrogens is 1560 g/mol. The summed E-state index contributed by atoms with van der Waals surface area (Å²) >= 11 is 6.28. The maximum Gasteiger partial charge on any atom is 0.322 e. The Balaban J connectivity index is 1.00. The van der Waals surface area contributed by atoms with Gasteiger partial charge in [-0.1, -0.05) is 130 Å². The minimum absolute atomic E-state index is 0.00521. The molecule has 35 heteroatoms. The topological polar surface area (TPSA) is 513 Å². The molecule has 5 aromatic carbocycles. The van der Waals surface area contributed by atoms with E-state index in [1.165, 1.54) is 86.1 Å². The number of unbranched alkanes of at least 4 members (excludes halogenated alkanes) is 1. The van der Waals surface area contributed by atoms with Gasteiger partial charge in [0.1, 0.15) is 66.5 Å². The number of primary amides is 2. The lowest BCUT2D eigenvalue weighted by molar-refractivity contribution is -0.142. The number of nitrogens with one attached hydrogen (secondary N) is 14. The lowest BCUT2D eigenvalue weighted by Crippen LogP contribution is -2.62. The van der Waals surface area contributed by atoms with Crippen molar-refractivity contribution < 1.29 is 77.0 Å². The maximum atomic E-state index is 15.5. The number of pyridine rings is 1. The van der Waals surface area contributed by atoms with E-state index >= 15 is 28.8 Å². The van der Waals surface area contributed by atoms with Crippen LogP contribution in [0, 0.1) is 5.92 Å². The fourth-order valence-corrected chi connectivity index (χ4v) is 14.7. The standard InChI is InChI=1S/C85H107ClN18O16/c1-48(2)38-63(75(110)95-62(19-10-11-36-90-59-17-6-5-7-18-59)83(118)104-37-13-20-71(104)82(117)91-49(3)73(87)108)96-77(112)66(41-53-26-33-61(34-27-53)94-84(88)119)98-79(114)67(42-52-24-31-60(32-25-52)93-74(109)69-45-72(107)103-85(120)102-69)100-81(116)70(47-105)101-80(115)68(44-55-14-12-35-89-46-55)99-78(113)65(40-51-22-29-58(86)30-23-51)97-76(111)64(92-50(4)106)43-54-21-28-56-15-8-9-16-57(56)39-54/h8-9,12,14-16,21-35,39,46,48-49,59,62-71,90,105H,5-7,10-11,13,17-20,36-38,40-45,47H2,1-4H3,(H2,87,108)(H,91,117)(H,92,106)(H,93,109)(H,95,110)(H,96,112)(H,97,111)(H,98,114)(H,99,113)(H,100,116)(H,101,115)(H3,88,94,119)(H2,102,103,107,120)/t49-,62+,63+,64-,65-,66-,67+,68-,69+,70+,71+/m1/s1. The second kappa shape index (κ2) is 44.9. The monoisotopic (exact) mass is 1670 g/mol. The third-order valence-corrected chi connectivity index (χ3v) is 21.2. The van der Waals surface area contributed by atoms with E-state index in [1.54, 1.807) is 50.2 Å². The average Bonchev–Trinajstić information content (AvgIpc) is 1.40. The zero-order chi connectivity index (χ0) is 86.5. The normalized spacial score (nSPS) is 16.9. The first kappa shape index (κ1) is 91.5. The van der Waals surface area contributed by atoms with Crippen LogP contribution in [0.15, 0.2) is 140 Å². The van der Waals surface area contributed by atoms with Gasteiger partial charge in [-0.15, -0.1) is 0 Å². The molecule has 1 aromatic heterocycles. The van der Waals surface area contributed by atoms with Crippen molar-refractivity contribution in [2.24, 2.45) is 17.4 Å². The number of benzene rings is 5. The van der Waals surface area contributed by atoms with Crippen LogP contribution in [0.1, 0.15) is 133 Å². The molecule has 34 nitrogen and oxygen atoms in total. The van der Waals surface area contributed by atoms with Crippen molar-refractivity contribution in [3.63, 3.8) is 0 Å². The van der Waals surface area contributed by atoms with E-state index in [0.717, 1.165) is 36.5 Å². The van der Waals surface area contributed by atoms with Gasteiger partial charge in [0.05, 0.1) is 13.0 Å². The molecule has 0 radical (unpaired) electrons. The van der Waals surface area contributed by atoms with Crippen LogP contribution in [0.3, 0.4) is 0 Å². The third kappa shape index (κ3) is 28.4. The molecule has 3 fully saturated rings. The van der Waals surface area contributed by atoms with Crippen molar-refractivity contribution in [2.75, 3.05) is 30.3 Å². The Bertz CT molecular complexity index is 4620. The van der Waals surface area contributed by atoms with Gasteiger partial charge in [0.25, 0.3) is 0 Å². The lowest BCUT2D eigenvalue weighted by Gasteiger charge is -2.31. The van der Waals surface area contributed by atoms with Gasteiger partial charge in [0.15, 0.2) is 0 Å². The predicted octanol–water partition coefficient (Wildman–Crippen LogP) is 2.44. The average molecular weight is 1670 g/mol. The number of hydrogen-bond acceptors (Lipinski definition) is 18. The highest BCUT2D eigenvalue weighted by molar-refractivity contribution is 6.30. The molecule has 0 unspecified atom stereocenters. The molecule has 120 heavy (non-hydrogen) atoms. The molecule has 2 aliphatic heterocycles. The zero-order valence-corrected chi connectivity index (χ0v) is 68.2. The van der Waals surface area contributed by atoms with E-state index in [1.807, 2.05) is 42.5 Å². The van der Waals surface area contributed by atoms with Crippen LogP contribution in [0.5, 0.6) is 0 Å². The number of carbonyl (C=O) groups excluding carboxylic acids is 15. The smallest absolute Gasteiger partial charge is 0.322 e. The maximum absolute atomic E-state index is 15.5. The van der Waals surface area contributed by atoms with Crippen LogP contribution >= 0.6 is 11.6 Å². The first-order valence-electron chi connectivity index (χ1n) is 40.3. The summed E-state index contributed by atoms with van der Waals surface area (Å²) in [7, 11) is 0. The number of imide groups is 1. The zero-order valence-electron chi connectivity index (χ0n) is 67.4. The van der Waals surface area contributed by atoms with Crippen molar-refractivity contribution >= 4 is 123 Å². The molecule has 19 N–H and O–H groups in total. The highest BCUT2D eigenvalue weighted by Gasteiger charge is 2.41. The second-order valence-corrected chi connectivity index (χ2v) is 31.4. The number of nitrogens with zero attached hydrogens (tertiary/aromatic N) is 2. The highest BCUT2D eigenvalue weighted by Crippen LogP contribution is 2.24. The van der Waals surface area contributed by atoms with Gasteiger partial charge >= 0.3 is 12.1 Å². The van der Waals surface area contributed by atoms with Gasteiger partial charge in [0.2, 0.25) is 76.8 Å². The summed E-state index contributed by atoms with van der Waals surface area (Å²) in [6.45, 7) is 5.91. The second-order valence-electron chi connectivity index (χ2n) is 30.9. The third-order valence-electron chi connectivity index (χ3n) is 20.9. The number of likely N-dealkylation sites (tertiary alicyclic amines) is 1. The van der Waals surface area contributed by atoms with E-state index in [0.29, 0.717) is 59.1 Å². The number of aliphatic hydroxyl groups is 1. The van der Waals surface area contributed by atoms with Crippen LogP contribution in [0.4, 0.5) is 21.0 Å². The minimum atomic E-state index is -1.92. The number of amides is 17. The largest absolute Gasteiger partial charge is 0.394 e. The Morgan fingerprint density at radius 1 is 0.525 bits per heavy atom. The number of carbonyl (C=O) groups is 15. The van der Waals surface area contributed by atoms with Gasteiger partial charge in [0, 0.05) is 80.4 Å². The Morgan fingerprint density at radius 2 is 1.02 bits per heavy atom. The Kier molecular flexibility index (Phi) is 34.3. The molecule has 3 heterocycles. The van der Waals surface area contributed by atoms with E-state index in [2.05, 4.69) is 79.4 Å². The van der Waals surface area contributed by atoms with Crippen LogP contribution in [-0.2, 0) is 94.4 Å². The fraction of sp³-hybridized carbons (Fsp3) is 0.435. The molecule has 9 rings (SSSR count). The van der Waals surface area contributed by atoms with E-state index in [9.17, 15) is 48.3 Å². The number of rotatable bonds is 41. The van der Waals surface area contributed by atoms with Crippen LogP contribution in [0.2, 0.25) is 5.02 Å². The van der Waals surface area contributed by atoms with Crippen molar-refractivity contribution in [2.45, 2.75) is 209 Å². The van der Waals surface area contributed by atoms with E-state index in [-0.39, 0.29) is 80.8 Å². The van der Waals surface area contributed by atoms with Gasteiger partial charge < -0.3 is 90.6 Å². The number of halogens is 1. The summed E-state index contributed by atoms with van der Waals surface area (Å²) in [5, 5.41) is 50.9. The number of hydrogen-bond donors (Lipinski definition) is 17. The van der Waals surface area contributed by atoms with Gasteiger partial charge in [-0.25, -0.2) is 9.59 Å². The molecule has 11 atom stereocenters. The predicted molar refractivity (Wildman–Crippen MR) is 446 cm³/mol. The van der Waals surface area contributed by atoms with Crippen molar-refractivity contribution in [3.8, 4) is 0 Å². The summed E-state index contributed by atoms with van der Waals surface area (Å²) in [5.41, 5.74) is 13.6. The molecule has 0 spiro atoms. The Morgan fingerprint density at radius 3 is 1.56 bits per heavy atom. The quantitative estimate of drug-likeness (QED) is 0.0245. The molecule has 0 bridgehead atoms. The van der Waals surface area contributed by atoms with Crippen LogP contribution in [-0.4, -0.2) is 196 Å². The number of fused-ring (bicyclic) bond motifs is 1. The summed E-state index contributed by atoms with van der Waals surface area (Å²) in [4.78, 5) is 214. The lowest BCUT2D eigenvalue weighted by atomic mass is 9.95. The first-order chi connectivity index (χ1) is 57.4.